The van der Waals surface area contributed by atoms with Crippen LogP contribution >= 0.6 is 0 Å². The number of aromatic nitrogens is 3. The van der Waals surface area contributed by atoms with Crippen LogP contribution in [0.5, 0.6) is 0 Å². The smallest absolute Gasteiger partial charge is 0.163 e. The summed E-state index contributed by atoms with van der Waals surface area (Å²) >= 11 is 0. The molecule has 3 rings (SSSR count). The molecular weight excluding hydrogens is 236 g/mol. The molecule has 0 amide bonds. The van der Waals surface area contributed by atoms with Crippen LogP contribution in [0.25, 0.3) is 11.4 Å². The van der Waals surface area contributed by atoms with Crippen molar-refractivity contribution in [3.05, 3.63) is 35.7 Å². The van der Waals surface area contributed by atoms with E-state index in [0.717, 1.165) is 30.2 Å². The van der Waals surface area contributed by atoms with Gasteiger partial charge in [-0.25, -0.2) is 0 Å². The summed E-state index contributed by atoms with van der Waals surface area (Å²) in [6.07, 6.45) is 5.98. The number of aryl methyl sites for hydroxylation is 1. The number of benzene rings is 1. The maximum atomic E-state index is 8.84. The first kappa shape index (κ1) is 11.9. The summed E-state index contributed by atoms with van der Waals surface area (Å²) in [6.45, 7) is 0.998. The van der Waals surface area contributed by atoms with Crippen LogP contribution in [-0.2, 0) is 13.0 Å². The molecule has 0 saturated heterocycles. The van der Waals surface area contributed by atoms with Gasteiger partial charge in [-0.15, -0.1) is 10.2 Å². The highest BCUT2D eigenvalue weighted by molar-refractivity contribution is 5.57. The molecule has 2 aromatic rings. The molecule has 0 N–H and O–H groups in total. The molecule has 4 nitrogen and oxygen atoms in total. The van der Waals surface area contributed by atoms with Gasteiger partial charge in [-0.3, -0.25) is 0 Å². The molecule has 0 radical (unpaired) electrons. The molecule has 19 heavy (non-hydrogen) atoms. The third kappa shape index (κ3) is 2.37. The lowest BCUT2D eigenvalue weighted by molar-refractivity contribution is 0.518. The molecule has 0 spiro atoms. The lowest BCUT2D eigenvalue weighted by Gasteiger charge is -2.13. The molecule has 1 aromatic carbocycles. The minimum absolute atomic E-state index is 0.677. The molecular formula is C15H16N4. The predicted molar refractivity (Wildman–Crippen MR) is 72.3 cm³/mol. The monoisotopic (exact) mass is 252 g/mol. The SMILES string of the molecule is N#Cc1ccc(-c2nnc3n2CCCCCC3)cc1. The van der Waals surface area contributed by atoms with E-state index >= 15 is 0 Å². The second-order valence-corrected chi connectivity index (χ2v) is 4.94. The Labute approximate surface area is 112 Å². The minimum Gasteiger partial charge on any atom is -0.311 e. The van der Waals surface area contributed by atoms with Crippen LogP contribution in [0.2, 0.25) is 0 Å². The van der Waals surface area contributed by atoms with Gasteiger partial charge >= 0.3 is 0 Å². The Morgan fingerprint density at radius 2 is 1.79 bits per heavy atom. The van der Waals surface area contributed by atoms with Gasteiger partial charge in [0.05, 0.1) is 11.6 Å². The standard InChI is InChI=1S/C15H16N4/c16-11-12-6-8-13(9-7-12)15-18-17-14-5-3-1-2-4-10-19(14)15/h6-9H,1-5,10H2. The predicted octanol–water partition coefficient (Wildman–Crippen LogP) is 2.93. The molecule has 0 atom stereocenters. The fourth-order valence-electron chi connectivity index (χ4n) is 2.57. The van der Waals surface area contributed by atoms with Crippen molar-refractivity contribution >= 4 is 0 Å². The topological polar surface area (TPSA) is 54.5 Å². The van der Waals surface area contributed by atoms with Gasteiger partial charge in [0.2, 0.25) is 0 Å². The first-order valence-corrected chi connectivity index (χ1v) is 6.81. The van der Waals surface area contributed by atoms with Crippen molar-refractivity contribution in [1.82, 2.24) is 14.8 Å². The third-order valence-corrected chi connectivity index (χ3v) is 3.63. The summed E-state index contributed by atoms with van der Waals surface area (Å²) in [5.74, 6) is 2.03. The van der Waals surface area contributed by atoms with Gasteiger partial charge in [0.1, 0.15) is 5.82 Å². The van der Waals surface area contributed by atoms with E-state index in [-0.39, 0.29) is 0 Å². The average molecular weight is 252 g/mol. The molecule has 0 unspecified atom stereocenters. The quantitative estimate of drug-likeness (QED) is 0.784. The Morgan fingerprint density at radius 3 is 2.58 bits per heavy atom. The number of hydrogen-bond donors (Lipinski definition) is 0. The summed E-state index contributed by atoms with van der Waals surface area (Å²) in [5, 5.41) is 17.5. The van der Waals surface area contributed by atoms with E-state index in [2.05, 4.69) is 20.8 Å². The van der Waals surface area contributed by atoms with E-state index in [1.54, 1.807) is 0 Å². The van der Waals surface area contributed by atoms with Crippen LogP contribution in [0.4, 0.5) is 0 Å². The summed E-state index contributed by atoms with van der Waals surface area (Å²) in [5.41, 5.74) is 1.72. The molecule has 96 valence electrons. The van der Waals surface area contributed by atoms with Crippen molar-refractivity contribution in [2.24, 2.45) is 0 Å². The van der Waals surface area contributed by atoms with Crippen LogP contribution in [0.3, 0.4) is 0 Å². The zero-order chi connectivity index (χ0) is 13.1. The molecule has 0 fully saturated rings. The Bertz CT molecular complexity index is 604. The van der Waals surface area contributed by atoms with E-state index < -0.39 is 0 Å². The summed E-state index contributed by atoms with van der Waals surface area (Å²) in [7, 11) is 0. The van der Waals surface area contributed by atoms with Gasteiger partial charge in [-0.05, 0) is 37.1 Å². The Morgan fingerprint density at radius 1 is 1.00 bits per heavy atom. The fourth-order valence-corrected chi connectivity index (χ4v) is 2.57. The molecule has 0 saturated carbocycles. The largest absolute Gasteiger partial charge is 0.311 e. The highest BCUT2D eigenvalue weighted by Crippen LogP contribution is 2.22. The van der Waals surface area contributed by atoms with E-state index in [1.165, 1.54) is 25.7 Å². The second kappa shape index (κ2) is 5.23. The van der Waals surface area contributed by atoms with Crippen LogP contribution in [-0.4, -0.2) is 14.8 Å². The number of nitriles is 1. The minimum atomic E-state index is 0.677. The normalized spacial score (nSPS) is 15.1. The molecule has 0 bridgehead atoms. The second-order valence-electron chi connectivity index (χ2n) is 4.94. The highest BCUT2D eigenvalue weighted by atomic mass is 15.3. The summed E-state index contributed by atoms with van der Waals surface area (Å²) in [6, 6.07) is 9.71. The van der Waals surface area contributed by atoms with Gasteiger partial charge in [0, 0.05) is 18.5 Å². The van der Waals surface area contributed by atoms with Gasteiger partial charge in [-0.2, -0.15) is 5.26 Å². The van der Waals surface area contributed by atoms with Crippen molar-refractivity contribution in [2.75, 3.05) is 0 Å². The van der Waals surface area contributed by atoms with Gasteiger partial charge in [0.15, 0.2) is 5.82 Å². The zero-order valence-corrected chi connectivity index (χ0v) is 10.8. The number of fused-ring (bicyclic) bond motifs is 1. The van der Waals surface area contributed by atoms with E-state index in [9.17, 15) is 0 Å². The third-order valence-electron chi connectivity index (χ3n) is 3.63. The molecule has 1 aliphatic rings. The molecule has 1 aliphatic heterocycles. The van der Waals surface area contributed by atoms with Gasteiger partial charge < -0.3 is 4.57 Å². The van der Waals surface area contributed by atoms with Crippen molar-refractivity contribution in [3.8, 4) is 17.5 Å². The van der Waals surface area contributed by atoms with Crippen molar-refractivity contribution < 1.29 is 0 Å². The number of nitrogens with zero attached hydrogens (tertiary/aromatic N) is 4. The van der Waals surface area contributed by atoms with Crippen LogP contribution < -0.4 is 0 Å². The van der Waals surface area contributed by atoms with E-state index in [1.807, 2.05) is 24.3 Å². The lowest BCUT2D eigenvalue weighted by Crippen LogP contribution is -2.08. The number of hydrogen-bond acceptors (Lipinski definition) is 3. The van der Waals surface area contributed by atoms with Gasteiger partial charge in [-0.1, -0.05) is 12.8 Å². The first-order valence-electron chi connectivity index (χ1n) is 6.81. The Kier molecular flexibility index (Phi) is 3.28. The first-order chi connectivity index (χ1) is 9.38. The Balaban J connectivity index is 1.98. The van der Waals surface area contributed by atoms with Crippen molar-refractivity contribution in [3.63, 3.8) is 0 Å². The van der Waals surface area contributed by atoms with Crippen LogP contribution in [0.1, 0.15) is 37.1 Å². The van der Waals surface area contributed by atoms with E-state index in [4.69, 9.17) is 5.26 Å². The summed E-state index contributed by atoms with van der Waals surface area (Å²) < 4.78 is 2.24. The lowest BCUT2D eigenvalue weighted by atomic mass is 10.1. The average Bonchev–Trinajstić information content (AvgIpc) is 2.81. The van der Waals surface area contributed by atoms with Crippen LogP contribution in [0, 0.1) is 11.3 Å². The van der Waals surface area contributed by atoms with Crippen LogP contribution in [0.15, 0.2) is 24.3 Å². The molecule has 4 heteroatoms. The number of rotatable bonds is 1. The summed E-state index contributed by atoms with van der Waals surface area (Å²) in [4.78, 5) is 0. The molecule has 1 aromatic heterocycles. The van der Waals surface area contributed by atoms with Crippen molar-refractivity contribution in [1.29, 1.82) is 5.26 Å². The Hall–Kier alpha value is -2.15. The molecule has 2 heterocycles. The fraction of sp³-hybridized carbons (Fsp3) is 0.400. The molecule has 0 aliphatic carbocycles. The zero-order valence-electron chi connectivity index (χ0n) is 10.8. The van der Waals surface area contributed by atoms with E-state index in [0.29, 0.717) is 5.56 Å². The maximum absolute atomic E-state index is 8.84. The highest BCUT2D eigenvalue weighted by Gasteiger charge is 2.14. The van der Waals surface area contributed by atoms with Crippen molar-refractivity contribution in [2.45, 2.75) is 38.6 Å². The van der Waals surface area contributed by atoms with Gasteiger partial charge in [0.25, 0.3) is 0 Å². The maximum Gasteiger partial charge on any atom is 0.163 e.